The summed E-state index contributed by atoms with van der Waals surface area (Å²) in [6.07, 6.45) is 0. The van der Waals surface area contributed by atoms with Gasteiger partial charge in [0.1, 0.15) is 0 Å². The number of hydrogen-bond donors (Lipinski definition) is 1. The molecule has 1 aliphatic rings. The van der Waals surface area contributed by atoms with Crippen LogP contribution in [0.3, 0.4) is 0 Å². The predicted octanol–water partition coefficient (Wildman–Crippen LogP) is -0.318. The first kappa shape index (κ1) is 7.54. The summed E-state index contributed by atoms with van der Waals surface area (Å²) in [4.78, 5) is 12.9. The Bertz CT molecular complexity index is 147. The average molecular weight is 142 g/mol. The average Bonchev–Trinajstić information content (AvgIpc) is 2.17. The molecule has 0 aliphatic carbocycles. The van der Waals surface area contributed by atoms with Crippen LogP contribution in [-0.2, 0) is 4.79 Å². The van der Waals surface area contributed by atoms with Gasteiger partial charge in [-0.05, 0) is 7.05 Å². The predicted molar refractivity (Wildman–Crippen MR) is 39.6 cm³/mol. The number of rotatable bonds is 1. The lowest BCUT2D eigenvalue weighted by molar-refractivity contribution is -0.129. The van der Waals surface area contributed by atoms with Gasteiger partial charge in [-0.2, -0.15) is 0 Å². The van der Waals surface area contributed by atoms with Crippen LogP contribution in [0.15, 0.2) is 0 Å². The number of carbonyl (C=O) groups is 1. The first-order chi connectivity index (χ1) is 4.66. The maximum absolute atomic E-state index is 11.2. The third kappa shape index (κ3) is 1.01. The minimum atomic E-state index is 0.148. The van der Waals surface area contributed by atoms with Gasteiger partial charge < -0.3 is 10.2 Å². The molecule has 1 N–H and O–H groups in total. The quantitative estimate of drug-likeness (QED) is 0.544. The maximum Gasteiger partial charge on any atom is 0.226 e. The van der Waals surface area contributed by atoms with Gasteiger partial charge in [-0.1, -0.05) is 6.92 Å². The summed E-state index contributed by atoms with van der Waals surface area (Å²) in [6, 6.07) is 0.345. The van der Waals surface area contributed by atoms with E-state index >= 15 is 0 Å². The summed E-state index contributed by atoms with van der Waals surface area (Å²) >= 11 is 0. The van der Waals surface area contributed by atoms with Crippen molar-refractivity contribution in [2.24, 2.45) is 5.92 Å². The van der Waals surface area contributed by atoms with Gasteiger partial charge in [0, 0.05) is 19.6 Å². The molecule has 2 unspecified atom stereocenters. The lowest BCUT2D eigenvalue weighted by Crippen LogP contribution is -2.31. The van der Waals surface area contributed by atoms with E-state index in [1.807, 2.05) is 21.0 Å². The standard InChI is InChI=1S/C7H14N2O/c1-5-6(8-2)4-9(3)7(5)10/h5-6,8H,4H2,1-3H3. The van der Waals surface area contributed by atoms with Crippen LogP contribution in [0.25, 0.3) is 0 Å². The summed E-state index contributed by atoms with van der Waals surface area (Å²) in [5.41, 5.74) is 0. The highest BCUT2D eigenvalue weighted by Crippen LogP contribution is 2.15. The van der Waals surface area contributed by atoms with Crippen molar-refractivity contribution in [2.75, 3.05) is 20.6 Å². The van der Waals surface area contributed by atoms with Crippen molar-refractivity contribution in [3.05, 3.63) is 0 Å². The summed E-state index contributed by atoms with van der Waals surface area (Å²) in [5, 5.41) is 3.11. The number of hydrogen-bond acceptors (Lipinski definition) is 2. The molecule has 3 nitrogen and oxygen atoms in total. The van der Waals surface area contributed by atoms with E-state index in [9.17, 15) is 4.79 Å². The Morgan fingerprint density at radius 2 is 2.30 bits per heavy atom. The molecule has 0 bridgehead atoms. The highest BCUT2D eigenvalue weighted by atomic mass is 16.2. The fourth-order valence-electron chi connectivity index (χ4n) is 1.40. The van der Waals surface area contributed by atoms with E-state index in [0.29, 0.717) is 6.04 Å². The lowest BCUT2D eigenvalue weighted by atomic mass is 10.1. The van der Waals surface area contributed by atoms with Crippen molar-refractivity contribution in [3.8, 4) is 0 Å². The zero-order valence-electron chi connectivity index (χ0n) is 6.72. The Labute approximate surface area is 61.4 Å². The molecule has 0 aromatic carbocycles. The second-order valence-electron chi connectivity index (χ2n) is 2.90. The van der Waals surface area contributed by atoms with Gasteiger partial charge in [0.25, 0.3) is 0 Å². The van der Waals surface area contributed by atoms with Crippen LogP contribution in [0.1, 0.15) is 6.92 Å². The first-order valence-electron chi connectivity index (χ1n) is 3.59. The largest absolute Gasteiger partial charge is 0.344 e. The molecule has 0 aromatic heterocycles. The second-order valence-corrected chi connectivity index (χ2v) is 2.90. The van der Waals surface area contributed by atoms with Crippen LogP contribution in [0.4, 0.5) is 0 Å². The molecule has 1 amide bonds. The number of amides is 1. The van der Waals surface area contributed by atoms with Crippen LogP contribution in [0.5, 0.6) is 0 Å². The Morgan fingerprint density at radius 3 is 2.50 bits per heavy atom. The van der Waals surface area contributed by atoms with Gasteiger partial charge in [0.15, 0.2) is 0 Å². The van der Waals surface area contributed by atoms with Crippen molar-refractivity contribution in [1.82, 2.24) is 10.2 Å². The molecule has 58 valence electrons. The highest BCUT2D eigenvalue weighted by molar-refractivity contribution is 5.81. The summed E-state index contributed by atoms with van der Waals surface area (Å²) in [6.45, 7) is 2.81. The monoisotopic (exact) mass is 142 g/mol. The molecule has 1 aliphatic heterocycles. The molecule has 0 spiro atoms. The number of nitrogens with one attached hydrogen (secondary N) is 1. The number of likely N-dealkylation sites (tertiary alicyclic amines) is 1. The fourth-order valence-corrected chi connectivity index (χ4v) is 1.40. The van der Waals surface area contributed by atoms with Crippen molar-refractivity contribution >= 4 is 5.91 Å². The molecule has 3 heteroatoms. The van der Waals surface area contributed by atoms with E-state index in [4.69, 9.17) is 0 Å². The van der Waals surface area contributed by atoms with Gasteiger partial charge in [0.2, 0.25) is 5.91 Å². The third-order valence-electron chi connectivity index (χ3n) is 2.21. The van der Waals surface area contributed by atoms with Gasteiger partial charge in [-0.3, -0.25) is 4.79 Å². The van der Waals surface area contributed by atoms with Crippen LogP contribution in [0, 0.1) is 5.92 Å². The van der Waals surface area contributed by atoms with Crippen LogP contribution in [-0.4, -0.2) is 37.5 Å². The zero-order chi connectivity index (χ0) is 7.72. The van der Waals surface area contributed by atoms with Crippen molar-refractivity contribution in [2.45, 2.75) is 13.0 Å². The van der Waals surface area contributed by atoms with E-state index in [2.05, 4.69) is 5.32 Å². The van der Waals surface area contributed by atoms with E-state index in [1.54, 1.807) is 4.90 Å². The number of likely N-dealkylation sites (N-methyl/N-ethyl adjacent to an activating group) is 2. The van der Waals surface area contributed by atoms with E-state index in [0.717, 1.165) is 6.54 Å². The Hall–Kier alpha value is -0.570. The van der Waals surface area contributed by atoms with Crippen molar-refractivity contribution in [1.29, 1.82) is 0 Å². The first-order valence-corrected chi connectivity index (χ1v) is 3.59. The topological polar surface area (TPSA) is 32.3 Å². The van der Waals surface area contributed by atoms with Crippen molar-refractivity contribution in [3.63, 3.8) is 0 Å². The minimum absolute atomic E-state index is 0.148. The second kappa shape index (κ2) is 2.58. The zero-order valence-corrected chi connectivity index (χ0v) is 6.72. The van der Waals surface area contributed by atoms with Crippen LogP contribution >= 0.6 is 0 Å². The van der Waals surface area contributed by atoms with E-state index in [-0.39, 0.29) is 11.8 Å². The normalized spacial score (nSPS) is 33.5. The highest BCUT2D eigenvalue weighted by Gasteiger charge is 2.33. The molecule has 0 saturated carbocycles. The number of nitrogens with zero attached hydrogens (tertiary/aromatic N) is 1. The van der Waals surface area contributed by atoms with Crippen molar-refractivity contribution < 1.29 is 4.79 Å². The molecule has 1 heterocycles. The Kier molecular flexibility index (Phi) is 1.94. The van der Waals surface area contributed by atoms with Gasteiger partial charge in [0.05, 0.1) is 5.92 Å². The maximum atomic E-state index is 11.2. The lowest BCUT2D eigenvalue weighted by Gasteiger charge is -2.09. The minimum Gasteiger partial charge on any atom is -0.344 e. The molecule has 1 fully saturated rings. The third-order valence-corrected chi connectivity index (χ3v) is 2.21. The SMILES string of the molecule is CNC1CN(C)C(=O)C1C. The molecule has 0 radical (unpaired) electrons. The molecule has 1 saturated heterocycles. The van der Waals surface area contributed by atoms with Gasteiger partial charge in [-0.25, -0.2) is 0 Å². The van der Waals surface area contributed by atoms with Gasteiger partial charge >= 0.3 is 0 Å². The van der Waals surface area contributed by atoms with E-state index < -0.39 is 0 Å². The molecule has 0 aromatic rings. The van der Waals surface area contributed by atoms with E-state index in [1.165, 1.54) is 0 Å². The van der Waals surface area contributed by atoms with Gasteiger partial charge in [-0.15, -0.1) is 0 Å². The summed E-state index contributed by atoms with van der Waals surface area (Å²) in [7, 11) is 3.74. The number of carbonyl (C=O) groups excluding carboxylic acids is 1. The molecular weight excluding hydrogens is 128 g/mol. The molecular formula is C7H14N2O. The smallest absolute Gasteiger partial charge is 0.226 e. The Balaban J connectivity index is 2.61. The molecule has 1 rings (SSSR count). The summed E-state index contributed by atoms with van der Waals surface area (Å²) in [5.74, 6) is 0.398. The summed E-state index contributed by atoms with van der Waals surface area (Å²) < 4.78 is 0. The molecule has 2 atom stereocenters. The fraction of sp³-hybridized carbons (Fsp3) is 0.857. The molecule has 10 heavy (non-hydrogen) atoms. The van der Waals surface area contributed by atoms with Crippen LogP contribution in [0.2, 0.25) is 0 Å². The Morgan fingerprint density at radius 1 is 1.70 bits per heavy atom. The van der Waals surface area contributed by atoms with Crippen LogP contribution < -0.4 is 5.32 Å².